The molecule has 1 saturated heterocycles. The van der Waals surface area contributed by atoms with E-state index in [-0.39, 0.29) is 0 Å². The first-order valence-corrected chi connectivity index (χ1v) is 4.06. The lowest BCUT2D eigenvalue weighted by Gasteiger charge is -2.24. The molecule has 0 aromatic carbocycles. The minimum absolute atomic E-state index is 0.296. The summed E-state index contributed by atoms with van der Waals surface area (Å²) in [5.41, 5.74) is 0. The molecular weight excluding hydrogens is 139 g/mol. The van der Waals surface area contributed by atoms with Crippen LogP contribution in [0.25, 0.3) is 0 Å². The molecule has 2 unspecified atom stereocenters. The third kappa shape index (κ3) is 2.18. The largest absolute Gasteiger partial charge is 0.332 e. The van der Waals surface area contributed by atoms with Gasteiger partial charge in [-0.2, -0.15) is 0 Å². The summed E-state index contributed by atoms with van der Waals surface area (Å²) in [6, 6.07) is 0. The maximum atomic E-state index is 5.26. The van der Waals surface area contributed by atoms with Gasteiger partial charge in [0, 0.05) is 7.11 Å². The number of hydrogen-bond acceptors (Lipinski definition) is 3. The maximum Gasteiger partial charge on any atom is 0.332 e. The molecule has 1 fully saturated rings. The fourth-order valence-electron chi connectivity index (χ4n) is 0.619. The first-order valence-electron chi connectivity index (χ1n) is 2.97. The van der Waals surface area contributed by atoms with Crippen LogP contribution in [0.2, 0.25) is 0 Å². The predicted octanol–water partition coefficient (Wildman–Crippen LogP) is 1.69. The Hall–Kier alpha value is 0.310. The standard InChI is InChI=1S/C5H11O3P/c1-5-3-4-7-9(6-2)8-5/h5H,3-4H2,1-2H3. The van der Waals surface area contributed by atoms with Crippen molar-refractivity contribution in [1.82, 2.24) is 0 Å². The molecule has 4 heteroatoms. The zero-order valence-electron chi connectivity index (χ0n) is 5.66. The van der Waals surface area contributed by atoms with Gasteiger partial charge in [-0.3, -0.25) is 0 Å². The monoisotopic (exact) mass is 150 g/mol. The van der Waals surface area contributed by atoms with Gasteiger partial charge in [0.05, 0.1) is 12.7 Å². The molecule has 54 valence electrons. The first-order chi connectivity index (χ1) is 4.33. The second kappa shape index (κ2) is 3.47. The van der Waals surface area contributed by atoms with E-state index in [4.69, 9.17) is 13.6 Å². The van der Waals surface area contributed by atoms with Gasteiger partial charge in [-0.1, -0.05) is 0 Å². The Bertz CT molecular complexity index is 88.3. The Morgan fingerprint density at radius 1 is 1.67 bits per heavy atom. The van der Waals surface area contributed by atoms with Crippen LogP contribution < -0.4 is 0 Å². The van der Waals surface area contributed by atoms with E-state index in [2.05, 4.69) is 0 Å². The van der Waals surface area contributed by atoms with E-state index in [1.807, 2.05) is 6.92 Å². The fourth-order valence-corrected chi connectivity index (χ4v) is 1.53. The SMILES string of the molecule is COP1OCCC(C)O1. The van der Waals surface area contributed by atoms with Crippen LogP contribution in [-0.4, -0.2) is 19.8 Å². The summed E-state index contributed by atoms with van der Waals surface area (Å²) in [7, 11) is 0.592. The zero-order valence-corrected chi connectivity index (χ0v) is 6.56. The Morgan fingerprint density at radius 3 is 2.89 bits per heavy atom. The van der Waals surface area contributed by atoms with E-state index in [1.54, 1.807) is 7.11 Å². The molecule has 1 rings (SSSR count). The van der Waals surface area contributed by atoms with Crippen molar-refractivity contribution < 1.29 is 13.6 Å². The fraction of sp³-hybridized carbons (Fsp3) is 1.00. The van der Waals surface area contributed by atoms with E-state index in [0.29, 0.717) is 6.10 Å². The molecule has 1 heterocycles. The highest BCUT2D eigenvalue weighted by Crippen LogP contribution is 2.43. The summed E-state index contributed by atoms with van der Waals surface area (Å²) >= 11 is 0. The van der Waals surface area contributed by atoms with E-state index in [9.17, 15) is 0 Å². The van der Waals surface area contributed by atoms with Crippen molar-refractivity contribution in [2.75, 3.05) is 13.7 Å². The van der Waals surface area contributed by atoms with Crippen LogP contribution in [0.5, 0.6) is 0 Å². The lowest BCUT2D eigenvalue weighted by atomic mass is 10.3. The quantitative estimate of drug-likeness (QED) is 0.532. The molecule has 0 aromatic heterocycles. The number of rotatable bonds is 1. The molecule has 9 heavy (non-hydrogen) atoms. The molecule has 1 aliphatic rings. The van der Waals surface area contributed by atoms with Gasteiger partial charge in [-0.05, 0) is 13.3 Å². The smallest absolute Gasteiger partial charge is 0.316 e. The van der Waals surface area contributed by atoms with Gasteiger partial charge in [0.2, 0.25) is 0 Å². The molecule has 0 spiro atoms. The van der Waals surface area contributed by atoms with Crippen molar-refractivity contribution in [3.05, 3.63) is 0 Å². The normalized spacial score (nSPS) is 36.7. The van der Waals surface area contributed by atoms with Crippen LogP contribution in [0.1, 0.15) is 13.3 Å². The van der Waals surface area contributed by atoms with E-state index >= 15 is 0 Å². The van der Waals surface area contributed by atoms with Crippen LogP contribution in [0.4, 0.5) is 0 Å². The van der Waals surface area contributed by atoms with Crippen molar-refractivity contribution >= 4 is 8.60 Å². The van der Waals surface area contributed by atoms with Gasteiger partial charge in [0.1, 0.15) is 0 Å². The topological polar surface area (TPSA) is 27.7 Å². The molecule has 2 atom stereocenters. The van der Waals surface area contributed by atoms with Gasteiger partial charge in [-0.15, -0.1) is 0 Å². The molecule has 0 amide bonds. The summed E-state index contributed by atoms with van der Waals surface area (Å²) < 4.78 is 15.3. The van der Waals surface area contributed by atoms with E-state index in [0.717, 1.165) is 13.0 Å². The molecule has 1 aliphatic heterocycles. The molecule has 0 N–H and O–H groups in total. The summed E-state index contributed by atoms with van der Waals surface area (Å²) in [6.07, 6.45) is 1.27. The highest BCUT2D eigenvalue weighted by Gasteiger charge is 2.20. The number of hydrogen-bond donors (Lipinski definition) is 0. The van der Waals surface area contributed by atoms with Crippen LogP contribution in [0.3, 0.4) is 0 Å². The van der Waals surface area contributed by atoms with E-state index < -0.39 is 8.60 Å². The molecule has 0 aromatic rings. The Balaban J connectivity index is 2.23. The first kappa shape index (κ1) is 7.42. The van der Waals surface area contributed by atoms with Crippen LogP contribution in [0.15, 0.2) is 0 Å². The van der Waals surface area contributed by atoms with Crippen molar-refractivity contribution in [3.8, 4) is 0 Å². The zero-order chi connectivity index (χ0) is 6.69. The molecule has 0 aliphatic carbocycles. The lowest BCUT2D eigenvalue weighted by Crippen LogP contribution is -2.14. The van der Waals surface area contributed by atoms with Gasteiger partial charge in [0.25, 0.3) is 0 Å². The van der Waals surface area contributed by atoms with Gasteiger partial charge in [-0.25, -0.2) is 0 Å². The Kier molecular flexibility index (Phi) is 2.86. The van der Waals surface area contributed by atoms with Crippen LogP contribution in [0, 0.1) is 0 Å². The molecule has 0 bridgehead atoms. The van der Waals surface area contributed by atoms with Crippen molar-refractivity contribution in [1.29, 1.82) is 0 Å². The second-order valence-corrected chi connectivity index (χ2v) is 3.23. The minimum atomic E-state index is -1.01. The highest BCUT2D eigenvalue weighted by atomic mass is 31.2. The molecular formula is C5H11O3P. The lowest BCUT2D eigenvalue weighted by molar-refractivity contribution is 0.0806. The van der Waals surface area contributed by atoms with Crippen LogP contribution in [-0.2, 0) is 13.6 Å². The van der Waals surface area contributed by atoms with Crippen LogP contribution >= 0.6 is 8.60 Å². The van der Waals surface area contributed by atoms with Crippen molar-refractivity contribution in [2.24, 2.45) is 0 Å². The average Bonchev–Trinajstić information content (AvgIpc) is 1.88. The Labute approximate surface area is 56.3 Å². The van der Waals surface area contributed by atoms with Gasteiger partial charge >= 0.3 is 8.60 Å². The average molecular weight is 150 g/mol. The van der Waals surface area contributed by atoms with Gasteiger partial charge in [0.15, 0.2) is 0 Å². The summed E-state index contributed by atoms with van der Waals surface area (Å²) in [4.78, 5) is 0. The third-order valence-corrected chi connectivity index (χ3v) is 2.36. The molecule has 0 radical (unpaired) electrons. The summed E-state index contributed by atoms with van der Waals surface area (Å²) in [6.45, 7) is 2.79. The summed E-state index contributed by atoms with van der Waals surface area (Å²) in [5, 5.41) is 0. The molecule has 0 saturated carbocycles. The van der Waals surface area contributed by atoms with Crippen molar-refractivity contribution in [3.63, 3.8) is 0 Å². The molecule has 3 nitrogen and oxygen atoms in total. The van der Waals surface area contributed by atoms with Crippen molar-refractivity contribution in [2.45, 2.75) is 19.4 Å². The minimum Gasteiger partial charge on any atom is -0.316 e. The maximum absolute atomic E-state index is 5.26. The summed E-state index contributed by atoms with van der Waals surface area (Å²) in [5.74, 6) is 0. The van der Waals surface area contributed by atoms with E-state index in [1.165, 1.54) is 0 Å². The van der Waals surface area contributed by atoms with Gasteiger partial charge < -0.3 is 13.6 Å². The Morgan fingerprint density at radius 2 is 2.44 bits per heavy atom. The highest BCUT2D eigenvalue weighted by molar-refractivity contribution is 7.41. The predicted molar refractivity (Wildman–Crippen MR) is 35.0 cm³/mol. The second-order valence-electron chi connectivity index (χ2n) is 1.94. The third-order valence-electron chi connectivity index (χ3n) is 1.14.